The van der Waals surface area contributed by atoms with E-state index in [1.165, 1.54) is 0 Å². The van der Waals surface area contributed by atoms with Gasteiger partial charge in [0, 0.05) is 13.1 Å². The topological polar surface area (TPSA) is 41.1 Å². The molecule has 3 nitrogen and oxygen atoms in total. The van der Waals surface area contributed by atoms with Gasteiger partial charge in [-0.15, -0.1) is 0 Å². The number of rotatable bonds is 4. The van der Waals surface area contributed by atoms with E-state index >= 15 is 0 Å². The molecule has 1 saturated heterocycles. The van der Waals surface area contributed by atoms with Gasteiger partial charge in [-0.2, -0.15) is 0 Å². The van der Waals surface area contributed by atoms with Crippen molar-refractivity contribution in [2.45, 2.75) is 45.1 Å². The summed E-state index contributed by atoms with van der Waals surface area (Å²) in [5.41, 5.74) is -0.270. The lowest BCUT2D eigenvalue weighted by Crippen LogP contribution is -2.62. The lowest BCUT2D eigenvalue weighted by molar-refractivity contribution is -0.129. The average Bonchev–Trinajstić information content (AvgIpc) is 2.17. The summed E-state index contributed by atoms with van der Waals surface area (Å²) >= 11 is 0. The quantitative estimate of drug-likeness (QED) is 0.685. The van der Waals surface area contributed by atoms with Crippen LogP contribution in [0, 0.1) is 0 Å². The molecule has 0 aromatic heterocycles. The minimum absolute atomic E-state index is 0.190. The second-order valence-electron chi connectivity index (χ2n) is 3.72. The third-order valence-electron chi connectivity index (χ3n) is 2.87. The van der Waals surface area contributed by atoms with Crippen LogP contribution in [-0.4, -0.2) is 24.5 Å². The summed E-state index contributed by atoms with van der Waals surface area (Å²) in [5, 5.41) is 6.29. The largest absolute Gasteiger partial charge is 0.353 e. The maximum absolute atomic E-state index is 11.7. The van der Waals surface area contributed by atoms with E-state index in [1.54, 1.807) is 0 Å². The molecule has 1 heterocycles. The van der Waals surface area contributed by atoms with Crippen molar-refractivity contribution in [1.82, 2.24) is 10.6 Å². The molecule has 3 heteroatoms. The van der Waals surface area contributed by atoms with Gasteiger partial charge in [0.1, 0.15) is 0 Å². The normalized spacial score (nSPS) is 28.6. The van der Waals surface area contributed by atoms with Crippen molar-refractivity contribution in [3.05, 3.63) is 0 Å². The molecular weight excluding hydrogens is 164 g/mol. The van der Waals surface area contributed by atoms with Gasteiger partial charge in [-0.25, -0.2) is 0 Å². The van der Waals surface area contributed by atoms with E-state index in [4.69, 9.17) is 0 Å². The number of carbonyl (C=O) groups excluding carboxylic acids is 1. The summed E-state index contributed by atoms with van der Waals surface area (Å²) in [6.07, 6.45) is 4.12. The highest BCUT2D eigenvalue weighted by atomic mass is 16.2. The summed E-state index contributed by atoms with van der Waals surface area (Å²) in [6, 6.07) is 0. The Labute approximate surface area is 80.3 Å². The zero-order valence-corrected chi connectivity index (χ0v) is 8.65. The first kappa shape index (κ1) is 10.5. The van der Waals surface area contributed by atoms with Crippen LogP contribution in [0.1, 0.15) is 39.5 Å². The molecule has 76 valence electrons. The Balaban J connectivity index is 2.59. The number of hydrogen-bond donors (Lipinski definition) is 2. The molecule has 1 aliphatic rings. The molecule has 0 spiro atoms. The molecule has 0 aromatic rings. The zero-order valence-electron chi connectivity index (χ0n) is 8.65. The van der Waals surface area contributed by atoms with E-state index in [0.717, 1.165) is 38.8 Å². The van der Waals surface area contributed by atoms with Crippen LogP contribution in [0.25, 0.3) is 0 Å². The van der Waals surface area contributed by atoms with Gasteiger partial charge < -0.3 is 10.6 Å². The molecule has 0 aromatic carbocycles. The summed E-state index contributed by atoms with van der Waals surface area (Å²) in [4.78, 5) is 11.7. The van der Waals surface area contributed by atoms with Gasteiger partial charge in [0.2, 0.25) is 5.91 Å². The second-order valence-corrected chi connectivity index (χ2v) is 3.72. The highest BCUT2D eigenvalue weighted by Gasteiger charge is 2.37. The summed E-state index contributed by atoms with van der Waals surface area (Å²) < 4.78 is 0. The van der Waals surface area contributed by atoms with Crippen LogP contribution in [0.5, 0.6) is 0 Å². The predicted octanol–water partition coefficient (Wildman–Crippen LogP) is 1.04. The summed E-state index contributed by atoms with van der Waals surface area (Å²) in [5.74, 6) is 0.190. The van der Waals surface area contributed by atoms with Gasteiger partial charge in [-0.05, 0) is 12.8 Å². The van der Waals surface area contributed by atoms with Crippen LogP contribution in [-0.2, 0) is 4.79 Å². The molecule has 13 heavy (non-hydrogen) atoms. The minimum Gasteiger partial charge on any atom is -0.353 e. The van der Waals surface area contributed by atoms with E-state index in [9.17, 15) is 4.79 Å². The molecule has 1 fully saturated rings. The van der Waals surface area contributed by atoms with Crippen LogP contribution in [0.4, 0.5) is 0 Å². The number of hydrogen-bond acceptors (Lipinski definition) is 2. The lowest BCUT2D eigenvalue weighted by atomic mass is 9.87. The van der Waals surface area contributed by atoms with Crippen LogP contribution < -0.4 is 10.6 Å². The van der Waals surface area contributed by atoms with Crippen LogP contribution in [0.3, 0.4) is 0 Å². The first-order valence-corrected chi connectivity index (χ1v) is 5.28. The molecule has 1 atom stereocenters. The Morgan fingerprint density at radius 2 is 2.15 bits per heavy atom. The summed E-state index contributed by atoms with van der Waals surface area (Å²) in [6.45, 7) is 5.91. The molecule has 0 aliphatic carbocycles. The molecule has 1 unspecified atom stereocenters. The lowest BCUT2D eigenvalue weighted by Gasteiger charge is -2.36. The Morgan fingerprint density at radius 3 is 2.69 bits per heavy atom. The van der Waals surface area contributed by atoms with E-state index in [-0.39, 0.29) is 11.4 Å². The van der Waals surface area contributed by atoms with E-state index in [0.29, 0.717) is 0 Å². The fraction of sp³-hybridized carbons (Fsp3) is 0.900. The zero-order chi connectivity index (χ0) is 9.73. The van der Waals surface area contributed by atoms with Gasteiger partial charge in [0.05, 0.1) is 5.54 Å². The number of piperazine rings is 1. The fourth-order valence-corrected chi connectivity index (χ4v) is 1.87. The minimum atomic E-state index is -0.270. The Morgan fingerprint density at radius 1 is 1.38 bits per heavy atom. The van der Waals surface area contributed by atoms with Crippen LogP contribution in [0.15, 0.2) is 0 Å². The van der Waals surface area contributed by atoms with E-state index in [2.05, 4.69) is 24.5 Å². The van der Waals surface area contributed by atoms with Crippen molar-refractivity contribution in [2.24, 2.45) is 0 Å². The third-order valence-corrected chi connectivity index (χ3v) is 2.87. The van der Waals surface area contributed by atoms with Gasteiger partial charge in [0.25, 0.3) is 0 Å². The smallest absolute Gasteiger partial charge is 0.240 e. The second kappa shape index (κ2) is 4.61. The van der Waals surface area contributed by atoms with Crippen LogP contribution in [0.2, 0.25) is 0 Å². The molecule has 1 rings (SSSR count). The van der Waals surface area contributed by atoms with Gasteiger partial charge in [-0.3, -0.25) is 4.79 Å². The standard InChI is InChI=1S/C10H20N2O/c1-3-5-6-10(4-2)9(13)11-7-8-12-10/h12H,3-8H2,1-2H3,(H,11,13). The van der Waals surface area contributed by atoms with Crippen molar-refractivity contribution in [3.63, 3.8) is 0 Å². The van der Waals surface area contributed by atoms with Gasteiger partial charge >= 0.3 is 0 Å². The third kappa shape index (κ3) is 2.21. The number of nitrogens with one attached hydrogen (secondary N) is 2. The molecule has 1 aliphatic heterocycles. The van der Waals surface area contributed by atoms with Crippen molar-refractivity contribution in [3.8, 4) is 0 Å². The Bertz CT molecular complexity index is 182. The maximum Gasteiger partial charge on any atom is 0.240 e. The Hall–Kier alpha value is -0.570. The van der Waals surface area contributed by atoms with E-state index < -0.39 is 0 Å². The van der Waals surface area contributed by atoms with Crippen LogP contribution >= 0.6 is 0 Å². The first-order valence-electron chi connectivity index (χ1n) is 5.28. The Kier molecular flexibility index (Phi) is 3.72. The number of carbonyl (C=O) groups is 1. The molecule has 2 N–H and O–H groups in total. The predicted molar refractivity (Wildman–Crippen MR) is 53.6 cm³/mol. The molecule has 1 amide bonds. The van der Waals surface area contributed by atoms with Crippen molar-refractivity contribution in [1.29, 1.82) is 0 Å². The average molecular weight is 184 g/mol. The van der Waals surface area contributed by atoms with Crippen molar-refractivity contribution < 1.29 is 4.79 Å². The van der Waals surface area contributed by atoms with E-state index in [1.807, 2.05) is 0 Å². The van der Waals surface area contributed by atoms with Crippen molar-refractivity contribution in [2.75, 3.05) is 13.1 Å². The highest BCUT2D eigenvalue weighted by Crippen LogP contribution is 2.20. The SMILES string of the molecule is CCCCC1(CC)NCCNC1=O. The molecular formula is C10H20N2O. The van der Waals surface area contributed by atoms with Crippen molar-refractivity contribution >= 4 is 5.91 Å². The number of amides is 1. The highest BCUT2D eigenvalue weighted by molar-refractivity contribution is 5.86. The number of unbranched alkanes of at least 4 members (excludes halogenated alkanes) is 1. The van der Waals surface area contributed by atoms with Gasteiger partial charge in [-0.1, -0.05) is 26.7 Å². The molecule has 0 bridgehead atoms. The maximum atomic E-state index is 11.7. The first-order chi connectivity index (χ1) is 6.25. The monoisotopic (exact) mass is 184 g/mol. The molecule has 0 saturated carbocycles. The fourth-order valence-electron chi connectivity index (χ4n) is 1.87. The van der Waals surface area contributed by atoms with Gasteiger partial charge in [0.15, 0.2) is 0 Å². The molecule has 0 radical (unpaired) electrons. The summed E-state index contributed by atoms with van der Waals surface area (Å²) in [7, 11) is 0.